The minimum absolute atomic E-state index is 0.0177. The molecule has 1 fully saturated rings. The van der Waals surface area contributed by atoms with Crippen LogP contribution < -0.4 is 16.6 Å². The number of ether oxygens (including phenoxy) is 2. The van der Waals surface area contributed by atoms with Gasteiger partial charge < -0.3 is 20.6 Å². The third kappa shape index (κ3) is 2.53. The maximum Gasteiger partial charge on any atom is 0.248 e. The van der Waals surface area contributed by atoms with E-state index in [1.54, 1.807) is 6.07 Å². The minimum Gasteiger partial charge on any atom is -0.454 e. The number of allylic oxidation sites excluding steroid dienone is 1. The lowest BCUT2D eigenvalue weighted by molar-refractivity contribution is 0.0969. The number of hydrogen-bond acceptors (Lipinski definition) is 5. The van der Waals surface area contributed by atoms with Crippen molar-refractivity contribution in [1.82, 2.24) is 5.43 Å². The van der Waals surface area contributed by atoms with Gasteiger partial charge in [-0.05, 0) is 48.8 Å². The highest BCUT2D eigenvalue weighted by atomic mass is 16.7. The quantitative estimate of drug-likeness (QED) is 0.797. The maximum absolute atomic E-state index is 11.4. The molecule has 0 radical (unpaired) electrons. The van der Waals surface area contributed by atoms with Crippen LogP contribution in [-0.2, 0) is 9.47 Å². The summed E-state index contributed by atoms with van der Waals surface area (Å²) in [6.07, 6.45) is 3.90. The lowest BCUT2D eigenvalue weighted by atomic mass is 9.93. The van der Waals surface area contributed by atoms with Crippen molar-refractivity contribution in [2.75, 3.05) is 12.2 Å². The fraction of sp³-hybridized carbons (Fsp3) is 0.312. The van der Waals surface area contributed by atoms with Crippen LogP contribution in [0.25, 0.3) is 0 Å². The molecular weight excluding hydrogens is 282 g/mol. The van der Waals surface area contributed by atoms with E-state index in [-0.39, 0.29) is 18.8 Å². The topological polar surface area (TPSA) is 85.6 Å². The first kappa shape index (κ1) is 14.5. The minimum atomic E-state index is -0.428. The molecule has 2 unspecified atom stereocenters. The van der Waals surface area contributed by atoms with Gasteiger partial charge in [0.25, 0.3) is 0 Å². The average molecular weight is 301 g/mol. The number of primary amides is 1. The third-order valence-corrected chi connectivity index (χ3v) is 3.91. The van der Waals surface area contributed by atoms with Crippen LogP contribution in [0.15, 0.2) is 41.9 Å². The highest BCUT2D eigenvalue weighted by Gasteiger charge is 2.28. The SMILES string of the molecule is C/C=C1/OCO/C1=C/C(C)C1NNc2ccc(C(N)=O)cc21. The molecule has 0 spiro atoms. The molecule has 22 heavy (non-hydrogen) atoms. The zero-order chi connectivity index (χ0) is 15.7. The van der Waals surface area contributed by atoms with Gasteiger partial charge in [-0.3, -0.25) is 4.79 Å². The van der Waals surface area contributed by atoms with Gasteiger partial charge in [0.05, 0.1) is 11.7 Å². The maximum atomic E-state index is 11.4. The van der Waals surface area contributed by atoms with Crippen LogP contribution >= 0.6 is 0 Å². The lowest BCUT2D eigenvalue weighted by Crippen LogP contribution is -2.23. The van der Waals surface area contributed by atoms with E-state index in [0.717, 1.165) is 22.8 Å². The van der Waals surface area contributed by atoms with Gasteiger partial charge in [0, 0.05) is 5.56 Å². The molecule has 1 saturated heterocycles. The second kappa shape index (κ2) is 5.73. The van der Waals surface area contributed by atoms with Crippen LogP contribution in [0.5, 0.6) is 0 Å². The number of hydrazine groups is 1. The lowest BCUT2D eigenvalue weighted by Gasteiger charge is -2.17. The molecule has 0 aromatic heterocycles. The Morgan fingerprint density at radius 3 is 2.91 bits per heavy atom. The largest absolute Gasteiger partial charge is 0.454 e. The van der Waals surface area contributed by atoms with Gasteiger partial charge in [-0.1, -0.05) is 6.92 Å². The van der Waals surface area contributed by atoms with E-state index < -0.39 is 5.91 Å². The molecule has 0 bridgehead atoms. The van der Waals surface area contributed by atoms with Crippen LogP contribution in [0.2, 0.25) is 0 Å². The number of amides is 1. The average Bonchev–Trinajstić information content (AvgIpc) is 3.12. The van der Waals surface area contributed by atoms with E-state index in [0.29, 0.717) is 5.56 Å². The first-order chi connectivity index (χ1) is 10.6. The number of rotatable bonds is 3. The van der Waals surface area contributed by atoms with Crippen molar-refractivity contribution >= 4 is 11.6 Å². The summed E-state index contributed by atoms with van der Waals surface area (Å²) in [5, 5.41) is 0. The first-order valence-corrected chi connectivity index (χ1v) is 7.19. The number of anilines is 1. The standard InChI is InChI=1S/C16H19N3O3/c1-3-13-14(22-8-21-13)6-9(2)15-11-7-10(16(17)20)4-5-12(11)18-19-15/h3-7,9,15,18-19H,8H2,1-2H3,(H2,17,20)/b13-3+,14-6+. The highest BCUT2D eigenvalue weighted by molar-refractivity contribution is 5.93. The molecule has 6 nitrogen and oxygen atoms in total. The van der Waals surface area contributed by atoms with Crippen LogP contribution in [0, 0.1) is 5.92 Å². The number of carbonyl (C=O) groups is 1. The molecule has 3 rings (SSSR count). The van der Waals surface area contributed by atoms with Crippen LogP contribution in [0.3, 0.4) is 0 Å². The Hall–Kier alpha value is -2.47. The van der Waals surface area contributed by atoms with Crippen molar-refractivity contribution in [3.63, 3.8) is 0 Å². The van der Waals surface area contributed by atoms with E-state index >= 15 is 0 Å². The van der Waals surface area contributed by atoms with Crippen LogP contribution in [0.4, 0.5) is 5.69 Å². The summed E-state index contributed by atoms with van der Waals surface area (Å²) >= 11 is 0. The van der Waals surface area contributed by atoms with Gasteiger partial charge in [-0.25, -0.2) is 5.43 Å². The smallest absolute Gasteiger partial charge is 0.248 e. The van der Waals surface area contributed by atoms with Crippen molar-refractivity contribution in [1.29, 1.82) is 0 Å². The van der Waals surface area contributed by atoms with Crippen molar-refractivity contribution in [2.24, 2.45) is 11.7 Å². The van der Waals surface area contributed by atoms with Crippen molar-refractivity contribution in [3.8, 4) is 0 Å². The number of nitrogens with two attached hydrogens (primary N) is 1. The predicted molar refractivity (Wildman–Crippen MR) is 82.5 cm³/mol. The summed E-state index contributed by atoms with van der Waals surface area (Å²) in [4.78, 5) is 11.4. The summed E-state index contributed by atoms with van der Waals surface area (Å²) in [5.74, 6) is 1.20. The Labute approximate surface area is 128 Å². The number of benzene rings is 1. The molecule has 4 N–H and O–H groups in total. The summed E-state index contributed by atoms with van der Waals surface area (Å²) < 4.78 is 10.9. The molecule has 2 aliphatic heterocycles. The molecular formula is C16H19N3O3. The molecule has 0 aliphatic carbocycles. The summed E-state index contributed by atoms with van der Waals surface area (Å²) in [7, 11) is 0. The monoisotopic (exact) mass is 301 g/mol. The number of hydrogen-bond donors (Lipinski definition) is 3. The van der Waals surface area contributed by atoms with Crippen molar-refractivity contribution < 1.29 is 14.3 Å². The highest BCUT2D eigenvalue weighted by Crippen LogP contribution is 2.36. The molecule has 2 heterocycles. The van der Waals surface area contributed by atoms with E-state index in [9.17, 15) is 4.79 Å². The van der Waals surface area contributed by atoms with Gasteiger partial charge in [0.2, 0.25) is 12.7 Å². The Morgan fingerprint density at radius 1 is 1.41 bits per heavy atom. The van der Waals surface area contributed by atoms with E-state index in [1.807, 2.05) is 31.2 Å². The zero-order valence-corrected chi connectivity index (χ0v) is 12.6. The molecule has 2 atom stereocenters. The van der Waals surface area contributed by atoms with E-state index in [1.165, 1.54) is 0 Å². The van der Waals surface area contributed by atoms with Gasteiger partial charge in [-0.2, -0.15) is 0 Å². The second-order valence-electron chi connectivity index (χ2n) is 5.36. The second-order valence-corrected chi connectivity index (χ2v) is 5.36. The van der Waals surface area contributed by atoms with Crippen molar-refractivity contribution in [2.45, 2.75) is 19.9 Å². The Bertz CT molecular complexity index is 667. The molecule has 0 saturated carbocycles. The first-order valence-electron chi connectivity index (χ1n) is 7.19. The van der Waals surface area contributed by atoms with E-state index in [4.69, 9.17) is 15.2 Å². The summed E-state index contributed by atoms with van der Waals surface area (Å²) in [6, 6.07) is 5.42. The van der Waals surface area contributed by atoms with Gasteiger partial charge in [0.1, 0.15) is 0 Å². The Balaban J connectivity index is 1.87. The molecule has 1 aromatic carbocycles. The van der Waals surface area contributed by atoms with Gasteiger partial charge in [0.15, 0.2) is 11.5 Å². The van der Waals surface area contributed by atoms with E-state index in [2.05, 4.69) is 17.8 Å². The molecule has 116 valence electrons. The summed E-state index contributed by atoms with van der Waals surface area (Å²) in [6.45, 7) is 4.23. The van der Waals surface area contributed by atoms with Crippen molar-refractivity contribution in [3.05, 3.63) is 53.0 Å². The summed E-state index contributed by atoms with van der Waals surface area (Å²) in [5.41, 5.74) is 14.2. The van der Waals surface area contributed by atoms with Crippen LogP contribution in [-0.4, -0.2) is 12.7 Å². The number of fused-ring (bicyclic) bond motifs is 1. The fourth-order valence-electron chi connectivity index (χ4n) is 2.72. The van der Waals surface area contributed by atoms with Gasteiger partial charge in [-0.15, -0.1) is 0 Å². The molecule has 1 amide bonds. The Morgan fingerprint density at radius 2 is 2.18 bits per heavy atom. The number of nitrogens with one attached hydrogen (secondary N) is 2. The predicted octanol–water partition coefficient (Wildman–Crippen LogP) is 2.18. The van der Waals surface area contributed by atoms with Crippen LogP contribution in [0.1, 0.15) is 35.8 Å². The number of carbonyl (C=O) groups excluding carboxylic acids is 1. The normalized spacial score (nSPS) is 24.5. The Kier molecular flexibility index (Phi) is 3.77. The zero-order valence-electron chi connectivity index (χ0n) is 12.6. The molecule has 2 aliphatic rings. The fourth-order valence-corrected chi connectivity index (χ4v) is 2.72. The molecule has 6 heteroatoms. The van der Waals surface area contributed by atoms with Gasteiger partial charge >= 0.3 is 0 Å². The third-order valence-electron chi connectivity index (χ3n) is 3.91. The molecule has 1 aromatic rings.